The van der Waals surface area contributed by atoms with Crippen molar-refractivity contribution in [2.24, 2.45) is 5.92 Å². The molecule has 2 rings (SSSR count). The molecule has 1 aliphatic rings. The lowest BCUT2D eigenvalue weighted by molar-refractivity contribution is 0.0528. The van der Waals surface area contributed by atoms with Gasteiger partial charge in [0.15, 0.2) is 0 Å². The highest BCUT2D eigenvalue weighted by atomic mass is 19.1. The quantitative estimate of drug-likeness (QED) is 0.888. The number of benzene rings is 1. The zero-order chi connectivity index (χ0) is 13.8. The molecule has 0 saturated carbocycles. The Hall–Kier alpha value is -0.970. The Balaban J connectivity index is 1.95. The van der Waals surface area contributed by atoms with Crippen molar-refractivity contribution in [3.8, 4) is 0 Å². The van der Waals surface area contributed by atoms with E-state index in [-0.39, 0.29) is 17.8 Å². The fraction of sp³-hybridized carbons (Fsp3) is 0.600. The highest BCUT2D eigenvalue weighted by Gasteiger charge is 2.26. The van der Waals surface area contributed by atoms with Gasteiger partial charge in [-0.2, -0.15) is 0 Å². The number of hydrogen-bond acceptors (Lipinski definition) is 3. The van der Waals surface area contributed by atoms with Crippen molar-refractivity contribution in [1.82, 2.24) is 4.90 Å². The molecule has 4 heteroatoms. The van der Waals surface area contributed by atoms with Gasteiger partial charge in [-0.3, -0.25) is 4.90 Å². The summed E-state index contributed by atoms with van der Waals surface area (Å²) in [5.41, 5.74) is 0.667. The van der Waals surface area contributed by atoms with Crippen LogP contribution >= 0.6 is 0 Å². The molecule has 0 radical (unpaired) electrons. The average molecular weight is 267 g/mol. The van der Waals surface area contributed by atoms with Crippen molar-refractivity contribution in [1.29, 1.82) is 0 Å². The first-order valence-corrected chi connectivity index (χ1v) is 6.80. The Morgan fingerprint density at radius 2 is 2.21 bits per heavy atom. The van der Waals surface area contributed by atoms with Crippen LogP contribution in [0.1, 0.15) is 24.9 Å². The van der Waals surface area contributed by atoms with Crippen molar-refractivity contribution < 1.29 is 14.2 Å². The Kier molecular flexibility index (Phi) is 4.91. The first kappa shape index (κ1) is 14.4. The van der Waals surface area contributed by atoms with Crippen LogP contribution in [0.2, 0.25) is 0 Å². The second-order valence-electron chi connectivity index (χ2n) is 5.33. The van der Waals surface area contributed by atoms with Gasteiger partial charge in [0.2, 0.25) is 0 Å². The van der Waals surface area contributed by atoms with Crippen molar-refractivity contribution in [3.05, 3.63) is 35.6 Å². The molecule has 1 saturated heterocycles. The number of likely N-dealkylation sites (N-methyl/N-ethyl adjacent to an activating group) is 1. The Morgan fingerprint density at radius 1 is 1.47 bits per heavy atom. The van der Waals surface area contributed by atoms with Crippen LogP contribution in [0.5, 0.6) is 0 Å². The van der Waals surface area contributed by atoms with Gasteiger partial charge in [-0.15, -0.1) is 0 Å². The molecule has 0 aliphatic carbocycles. The monoisotopic (exact) mass is 267 g/mol. The highest BCUT2D eigenvalue weighted by Crippen LogP contribution is 2.24. The maximum atomic E-state index is 13.7. The lowest BCUT2D eigenvalue weighted by Crippen LogP contribution is -2.36. The molecule has 19 heavy (non-hydrogen) atoms. The van der Waals surface area contributed by atoms with E-state index in [4.69, 9.17) is 4.74 Å². The van der Waals surface area contributed by atoms with E-state index < -0.39 is 6.10 Å². The molecule has 1 fully saturated rings. The normalized spacial score (nSPS) is 22.7. The Labute approximate surface area is 114 Å². The lowest BCUT2D eigenvalue weighted by Gasteiger charge is -2.29. The Morgan fingerprint density at radius 3 is 2.84 bits per heavy atom. The van der Waals surface area contributed by atoms with Crippen LogP contribution in [0, 0.1) is 11.7 Å². The van der Waals surface area contributed by atoms with Crippen LogP contribution in [0.25, 0.3) is 0 Å². The molecule has 3 atom stereocenters. The summed E-state index contributed by atoms with van der Waals surface area (Å²) in [5, 5.41) is 10.2. The molecular formula is C15H22FNO2. The zero-order valence-corrected chi connectivity index (χ0v) is 11.6. The van der Waals surface area contributed by atoms with E-state index in [2.05, 4.69) is 0 Å². The summed E-state index contributed by atoms with van der Waals surface area (Å²) in [5.74, 6) is 0.0100. The molecule has 1 aliphatic heterocycles. The predicted molar refractivity (Wildman–Crippen MR) is 72.4 cm³/mol. The molecule has 106 valence electrons. The molecule has 1 aromatic rings. The fourth-order valence-corrected chi connectivity index (χ4v) is 2.51. The first-order chi connectivity index (χ1) is 9.09. The van der Waals surface area contributed by atoms with Gasteiger partial charge in [-0.05, 0) is 26.5 Å². The number of rotatable bonds is 5. The molecule has 0 bridgehead atoms. The van der Waals surface area contributed by atoms with E-state index in [1.54, 1.807) is 12.1 Å². The van der Waals surface area contributed by atoms with Crippen LogP contribution in [-0.4, -0.2) is 42.9 Å². The molecule has 0 spiro atoms. The topological polar surface area (TPSA) is 32.7 Å². The SMILES string of the molecule is CC(c1ccccc1F)N(C)CC(O)C1CCOC1. The minimum atomic E-state index is -0.415. The summed E-state index contributed by atoms with van der Waals surface area (Å²) in [7, 11) is 1.91. The molecule has 1 N–H and O–H groups in total. The maximum absolute atomic E-state index is 13.7. The van der Waals surface area contributed by atoms with Gasteiger partial charge in [0.05, 0.1) is 12.7 Å². The number of nitrogens with zero attached hydrogens (tertiary/aromatic N) is 1. The van der Waals surface area contributed by atoms with Crippen LogP contribution in [0.15, 0.2) is 24.3 Å². The third-order valence-corrected chi connectivity index (χ3v) is 4.00. The van der Waals surface area contributed by atoms with Gasteiger partial charge in [0, 0.05) is 30.7 Å². The van der Waals surface area contributed by atoms with Gasteiger partial charge in [0.1, 0.15) is 5.82 Å². The standard InChI is InChI=1S/C15H22FNO2/c1-11(13-5-3-4-6-14(13)16)17(2)9-15(18)12-7-8-19-10-12/h3-6,11-12,15,18H,7-10H2,1-2H3. The maximum Gasteiger partial charge on any atom is 0.127 e. The molecule has 3 unspecified atom stereocenters. The summed E-state index contributed by atoms with van der Waals surface area (Å²) in [6, 6.07) is 6.74. The van der Waals surface area contributed by atoms with E-state index in [0.717, 1.165) is 13.0 Å². The summed E-state index contributed by atoms with van der Waals surface area (Å²) in [6.45, 7) is 3.84. The minimum Gasteiger partial charge on any atom is -0.391 e. The number of halogens is 1. The predicted octanol–water partition coefficient (Wildman–Crippen LogP) is 2.22. The minimum absolute atomic E-state index is 0.0572. The van der Waals surface area contributed by atoms with Gasteiger partial charge >= 0.3 is 0 Å². The van der Waals surface area contributed by atoms with Crippen LogP contribution in [-0.2, 0) is 4.74 Å². The van der Waals surface area contributed by atoms with Gasteiger partial charge in [-0.25, -0.2) is 4.39 Å². The second kappa shape index (κ2) is 6.46. The van der Waals surface area contributed by atoms with Crippen molar-refractivity contribution in [3.63, 3.8) is 0 Å². The van der Waals surface area contributed by atoms with E-state index in [0.29, 0.717) is 18.7 Å². The van der Waals surface area contributed by atoms with Crippen molar-refractivity contribution in [2.75, 3.05) is 26.8 Å². The third kappa shape index (κ3) is 3.53. The first-order valence-electron chi connectivity index (χ1n) is 6.80. The molecule has 1 aromatic carbocycles. The zero-order valence-electron chi connectivity index (χ0n) is 11.6. The van der Waals surface area contributed by atoms with Crippen LogP contribution in [0.4, 0.5) is 4.39 Å². The van der Waals surface area contributed by atoms with Crippen molar-refractivity contribution in [2.45, 2.75) is 25.5 Å². The number of ether oxygens (including phenoxy) is 1. The largest absolute Gasteiger partial charge is 0.391 e. The molecular weight excluding hydrogens is 245 g/mol. The van der Waals surface area contributed by atoms with Gasteiger partial charge in [0.25, 0.3) is 0 Å². The number of aliphatic hydroxyl groups is 1. The average Bonchev–Trinajstić information content (AvgIpc) is 2.92. The van der Waals surface area contributed by atoms with E-state index in [9.17, 15) is 9.50 Å². The number of aliphatic hydroxyl groups excluding tert-OH is 1. The lowest BCUT2D eigenvalue weighted by atomic mass is 10.00. The van der Waals surface area contributed by atoms with Gasteiger partial charge < -0.3 is 9.84 Å². The summed E-state index contributed by atoms with van der Waals surface area (Å²) in [6.07, 6.45) is 0.491. The van der Waals surface area contributed by atoms with E-state index in [1.807, 2.05) is 24.9 Å². The van der Waals surface area contributed by atoms with Crippen molar-refractivity contribution >= 4 is 0 Å². The Bertz CT molecular complexity index is 407. The molecule has 1 heterocycles. The third-order valence-electron chi connectivity index (χ3n) is 4.00. The van der Waals surface area contributed by atoms with Crippen LogP contribution < -0.4 is 0 Å². The highest BCUT2D eigenvalue weighted by molar-refractivity contribution is 5.20. The summed E-state index contributed by atoms with van der Waals surface area (Å²) >= 11 is 0. The molecule has 0 aromatic heterocycles. The fourth-order valence-electron chi connectivity index (χ4n) is 2.51. The van der Waals surface area contributed by atoms with E-state index >= 15 is 0 Å². The number of hydrogen-bond donors (Lipinski definition) is 1. The molecule has 3 nitrogen and oxygen atoms in total. The van der Waals surface area contributed by atoms with Gasteiger partial charge in [-0.1, -0.05) is 18.2 Å². The summed E-state index contributed by atoms with van der Waals surface area (Å²) < 4.78 is 19.0. The smallest absolute Gasteiger partial charge is 0.127 e. The second-order valence-corrected chi connectivity index (χ2v) is 5.33. The van der Waals surface area contributed by atoms with Crippen LogP contribution in [0.3, 0.4) is 0 Å². The molecule has 0 amide bonds. The summed E-state index contributed by atoms with van der Waals surface area (Å²) in [4.78, 5) is 1.99. The van der Waals surface area contributed by atoms with E-state index in [1.165, 1.54) is 6.07 Å².